The second-order valence-electron chi connectivity index (χ2n) is 5.90. The number of carbonyl (C=O) groups excluding carboxylic acids is 1. The van der Waals surface area contributed by atoms with Gasteiger partial charge < -0.3 is 14.4 Å². The average molecular weight is 326 g/mol. The molecular weight excluding hydrogens is 304 g/mol. The van der Waals surface area contributed by atoms with Crippen molar-refractivity contribution in [2.24, 2.45) is 0 Å². The van der Waals surface area contributed by atoms with Crippen LogP contribution in [0.25, 0.3) is 0 Å². The van der Waals surface area contributed by atoms with E-state index in [0.717, 1.165) is 31.6 Å². The van der Waals surface area contributed by atoms with Gasteiger partial charge in [-0.15, -0.1) is 0 Å². The van der Waals surface area contributed by atoms with Crippen LogP contribution in [0.15, 0.2) is 42.5 Å². The summed E-state index contributed by atoms with van der Waals surface area (Å²) in [6.07, 6.45) is 3.27. The number of aromatic nitrogens is 1. The third-order valence-corrected chi connectivity index (χ3v) is 4.43. The van der Waals surface area contributed by atoms with Gasteiger partial charge in [0.25, 0.3) is 0 Å². The summed E-state index contributed by atoms with van der Waals surface area (Å²) in [7, 11) is 2.87. The molecule has 1 aliphatic rings. The van der Waals surface area contributed by atoms with Crippen molar-refractivity contribution in [2.75, 3.05) is 25.7 Å². The molecule has 0 N–H and O–H groups in total. The first-order valence-corrected chi connectivity index (χ1v) is 8.17. The smallest absolute Gasteiger partial charge is 0.343 e. The van der Waals surface area contributed by atoms with Gasteiger partial charge in [-0.1, -0.05) is 30.3 Å². The van der Waals surface area contributed by atoms with Gasteiger partial charge in [0, 0.05) is 12.6 Å². The fraction of sp³-hybridized carbons (Fsp3) is 0.368. The molecule has 0 spiro atoms. The van der Waals surface area contributed by atoms with Crippen LogP contribution in [-0.4, -0.2) is 37.8 Å². The van der Waals surface area contributed by atoms with Crippen molar-refractivity contribution >= 4 is 11.8 Å². The number of hydrogen-bond acceptors (Lipinski definition) is 5. The van der Waals surface area contributed by atoms with Crippen LogP contribution in [0.1, 0.15) is 28.8 Å². The number of esters is 1. The molecule has 1 atom stereocenters. The molecule has 1 aromatic carbocycles. The molecule has 1 unspecified atom stereocenters. The van der Waals surface area contributed by atoms with E-state index >= 15 is 0 Å². The Labute approximate surface area is 142 Å². The number of anilines is 1. The number of benzene rings is 1. The van der Waals surface area contributed by atoms with Crippen molar-refractivity contribution in [3.05, 3.63) is 53.6 Å². The van der Waals surface area contributed by atoms with Crippen molar-refractivity contribution in [2.45, 2.75) is 25.3 Å². The van der Waals surface area contributed by atoms with Crippen LogP contribution in [0, 0.1) is 0 Å². The Hall–Kier alpha value is -2.56. The topological polar surface area (TPSA) is 51.7 Å². The van der Waals surface area contributed by atoms with Crippen LogP contribution in [-0.2, 0) is 11.2 Å². The molecule has 5 nitrogen and oxygen atoms in total. The number of rotatable bonds is 5. The fourth-order valence-corrected chi connectivity index (χ4v) is 3.25. The Bertz CT molecular complexity index is 703. The molecule has 0 amide bonds. The zero-order valence-electron chi connectivity index (χ0n) is 14.1. The predicted octanol–water partition coefficient (Wildman–Crippen LogP) is 3.09. The van der Waals surface area contributed by atoms with Gasteiger partial charge in [-0.3, -0.25) is 0 Å². The Kier molecular flexibility index (Phi) is 4.99. The molecule has 2 heterocycles. The van der Waals surface area contributed by atoms with Crippen molar-refractivity contribution in [3.63, 3.8) is 0 Å². The molecular formula is C19H22N2O3. The maximum Gasteiger partial charge on any atom is 0.343 e. The molecule has 1 aromatic heterocycles. The minimum atomic E-state index is -0.437. The molecule has 24 heavy (non-hydrogen) atoms. The van der Waals surface area contributed by atoms with Crippen molar-refractivity contribution < 1.29 is 14.3 Å². The molecule has 1 fully saturated rings. The summed E-state index contributed by atoms with van der Waals surface area (Å²) in [6, 6.07) is 14.5. The van der Waals surface area contributed by atoms with E-state index in [-0.39, 0.29) is 0 Å². The molecule has 2 aromatic rings. The lowest BCUT2D eigenvalue weighted by Gasteiger charge is -2.26. The van der Waals surface area contributed by atoms with E-state index in [2.05, 4.69) is 34.1 Å². The summed E-state index contributed by atoms with van der Waals surface area (Å²) < 4.78 is 10.1. The number of ether oxygens (including phenoxy) is 2. The van der Waals surface area contributed by atoms with E-state index in [0.29, 0.717) is 17.5 Å². The van der Waals surface area contributed by atoms with Crippen LogP contribution in [0.3, 0.4) is 0 Å². The SMILES string of the molecule is COC(=O)c1ccc(N2CCCC2Cc2ccccc2)nc1OC. The number of nitrogens with zero attached hydrogens (tertiary/aromatic N) is 2. The highest BCUT2D eigenvalue weighted by atomic mass is 16.5. The Balaban J connectivity index is 1.83. The third kappa shape index (κ3) is 3.35. The monoisotopic (exact) mass is 326 g/mol. The van der Waals surface area contributed by atoms with E-state index in [9.17, 15) is 4.79 Å². The summed E-state index contributed by atoms with van der Waals surface area (Å²) in [5.41, 5.74) is 1.68. The van der Waals surface area contributed by atoms with Crippen LogP contribution < -0.4 is 9.64 Å². The van der Waals surface area contributed by atoms with Gasteiger partial charge in [-0.05, 0) is 37.0 Å². The fourth-order valence-electron chi connectivity index (χ4n) is 3.25. The number of hydrogen-bond donors (Lipinski definition) is 0. The Morgan fingerprint density at radius 3 is 2.71 bits per heavy atom. The lowest BCUT2D eigenvalue weighted by molar-refractivity contribution is 0.0596. The second-order valence-corrected chi connectivity index (χ2v) is 5.90. The third-order valence-electron chi connectivity index (χ3n) is 4.43. The number of carbonyl (C=O) groups is 1. The van der Waals surface area contributed by atoms with Crippen molar-refractivity contribution in [1.82, 2.24) is 4.98 Å². The summed E-state index contributed by atoms with van der Waals surface area (Å²) in [6.45, 7) is 0.964. The van der Waals surface area contributed by atoms with Gasteiger partial charge in [0.2, 0.25) is 5.88 Å². The zero-order chi connectivity index (χ0) is 16.9. The lowest BCUT2D eigenvalue weighted by Crippen LogP contribution is -2.31. The molecule has 1 saturated heterocycles. The second kappa shape index (κ2) is 7.34. The van der Waals surface area contributed by atoms with E-state index in [1.165, 1.54) is 19.8 Å². The maximum absolute atomic E-state index is 11.8. The highest BCUT2D eigenvalue weighted by Gasteiger charge is 2.27. The molecule has 126 valence electrons. The molecule has 0 radical (unpaired) electrons. The first kappa shape index (κ1) is 16.3. The standard InChI is InChI=1S/C19H22N2O3/c1-23-18-16(19(22)24-2)10-11-17(20-18)21-12-6-9-15(21)13-14-7-4-3-5-8-14/h3-5,7-8,10-11,15H,6,9,12-13H2,1-2H3. The molecule has 3 rings (SSSR count). The van der Waals surface area contributed by atoms with Crippen LogP contribution in [0.4, 0.5) is 5.82 Å². The summed E-state index contributed by atoms with van der Waals surface area (Å²) in [5, 5.41) is 0. The maximum atomic E-state index is 11.8. The molecule has 0 aliphatic carbocycles. The Morgan fingerprint density at radius 1 is 1.21 bits per heavy atom. The first-order chi connectivity index (χ1) is 11.7. The molecule has 0 bridgehead atoms. The zero-order valence-corrected chi connectivity index (χ0v) is 14.1. The summed E-state index contributed by atoms with van der Waals surface area (Å²) >= 11 is 0. The van der Waals surface area contributed by atoms with Gasteiger partial charge in [0.05, 0.1) is 14.2 Å². The number of pyridine rings is 1. The van der Waals surface area contributed by atoms with Crippen LogP contribution >= 0.6 is 0 Å². The highest BCUT2D eigenvalue weighted by Crippen LogP contribution is 2.29. The van der Waals surface area contributed by atoms with Crippen molar-refractivity contribution in [3.8, 4) is 5.88 Å². The lowest BCUT2D eigenvalue weighted by atomic mass is 10.0. The van der Waals surface area contributed by atoms with Crippen LogP contribution in [0.5, 0.6) is 5.88 Å². The van der Waals surface area contributed by atoms with E-state index in [4.69, 9.17) is 9.47 Å². The minimum absolute atomic E-state index is 0.310. The predicted molar refractivity (Wildman–Crippen MR) is 92.6 cm³/mol. The van der Waals surface area contributed by atoms with Gasteiger partial charge in [0.15, 0.2) is 0 Å². The first-order valence-electron chi connectivity index (χ1n) is 8.17. The van der Waals surface area contributed by atoms with Gasteiger partial charge >= 0.3 is 5.97 Å². The molecule has 0 saturated carbocycles. The normalized spacial score (nSPS) is 16.9. The highest BCUT2D eigenvalue weighted by molar-refractivity contribution is 5.92. The van der Waals surface area contributed by atoms with Gasteiger partial charge in [0.1, 0.15) is 11.4 Å². The minimum Gasteiger partial charge on any atom is -0.480 e. The van der Waals surface area contributed by atoms with E-state index < -0.39 is 5.97 Å². The largest absolute Gasteiger partial charge is 0.480 e. The number of methoxy groups -OCH3 is 2. The van der Waals surface area contributed by atoms with E-state index in [1.807, 2.05) is 12.1 Å². The summed E-state index contributed by atoms with van der Waals surface area (Å²) in [5.74, 6) is 0.718. The van der Waals surface area contributed by atoms with Gasteiger partial charge in [-0.25, -0.2) is 4.79 Å². The van der Waals surface area contributed by atoms with Crippen LogP contribution in [0.2, 0.25) is 0 Å². The quantitative estimate of drug-likeness (QED) is 0.790. The average Bonchev–Trinajstić information content (AvgIpc) is 3.09. The summed E-state index contributed by atoms with van der Waals surface area (Å²) in [4.78, 5) is 18.6. The van der Waals surface area contributed by atoms with Crippen molar-refractivity contribution in [1.29, 1.82) is 0 Å². The van der Waals surface area contributed by atoms with Gasteiger partial charge in [-0.2, -0.15) is 4.98 Å². The Morgan fingerprint density at radius 2 is 2.00 bits per heavy atom. The van der Waals surface area contributed by atoms with E-state index in [1.54, 1.807) is 6.07 Å². The molecule has 5 heteroatoms. The molecule has 1 aliphatic heterocycles.